The van der Waals surface area contributed by atoms with E-state index in [1.165, 1.54) is 0 Å². The van der Waals surface area contributed by atoms with Crippen LogP contribution in [-0.2, 0) is 0 Å². The lowest BCUT2D eigenvalue weighted by Gasteiger charge is -2.31. The van der Waals surface area contributed by atoms with Gasteiger partial charge in [0, 0.05) is 33.4 Å². The molecule has 0 saturated carbocycles. The summed E-state index contributed by atoms with van der Waals surface area (Å²) in [5, 5.41) is 12.0. The van der Waals surface area contributed by atoms with Crippen molar-refractivity contribution in [3.63, 3.8) is 0 Å². The number of nitrogens with one attached hydrogen (secondary N) is 1. The maximum Gasteiger partial charge on any atom is 0.121 e. The van der Waals surface area contributed by atoms with E-state index in [0.717, 1.165) is 112 Å². The Labute approximate surface area is 407 Å². The van der Waals surface area contributed by atoms with Crippen molar-refractivity contribution in [2.24, 2.45) is 4.40 Å². The number of benzene rings is 9. The lowest BCUT2D eigenvalue weighted by molar-refractivity contribution is 0.415. The number of ether oxygens (including phenoxy) is 2. The second kappa shape index (κ2) is 18.6. The number of anilines is 2. The van der Waals surface area contributed by atoms with Crippen LogP contribution in [0.3, 0.4) is 0 Å². The van der Waals surface area contributed by atoms with Gasteiger partial charge in [-0.3, -0.25) is 5.41 Å². The molecule has 11 rings (SSSR count). The van der Waals surface area contributed by atoms with Gasteiger partial charge in [-0.2, -0.15) is 0 Å². The van der Waals surface area contributed by atoms with Gasteiger partial charge in [0.1, 0.15) is 17.2 Å². The van der Waals surface area contributed by atoms with Crippen LogP contribution in [-0.4, -0.2) is 30.2 Å². The zero-order valence-corrected chi connectivity index (χ0v) is 38.9. The van der Waals surface area contributed by atoms with Crippen LogP contribution in [0.25, 0.3) is 77.6 Å². The number of hydrogen-bond acceptors (Lipinski definition) is 6. The first-order valence-electron chi connectivity index (χ1n) is 22.8. The Bertz CT molecular complexity index is 3410. The number of rotatable bonds is 11. The minimum atomic E-state index is 0.288. The van der Waals surface area contributed by atoms with Crippen LogP contribution in [0.5, 0.6) is 11.5 Å². The first-order valence-corrected chi connectivity index (χ1v) is 23.2. The number of nitrogens with zero attached hydrogens (tertiary/aromatic N) is 3. The molecule has 0 unspecified atom stereocenters. The maximum atomic E-state index is 9.68. The molecule has 0 atom stereocenters. The summed E-state index contributed by atoms with van der Waals surface area (Å²) in [7, 11) is 3.38. The smallest absolute Gasteiger partial charge is 0.121 e. The fraction of sp³-hybridized carbons (Fsp3) is 0.0323. The molecule has 0 aliphatic heterocycles. The highest BCUT2D eigenvalue weighted by molar-refractivity contribution is 7.79. The average molecular weight is 911 g/mol. The largest absolute Gasteiger partial charge is 0.497 e. The molecule has 9 aromatic carbocycles. The van der Waals surface area contributed by atoms with Crippen molar-refractivity contribution in [1.29, 1.82) is 5.41 Å². The first kappa shape index (κ1) is 43.0. The molecule has 1 aliphatic rings. The van der Waals surface area contributed by atoms with E-state index in [-0.39, 0.29) is 5.71 Å². The third-order valence-electron chi connectivity index (χ3n) is 13.0. The SMILES string of the molecule is COc1ccc(-c2ccc3c(c2)c2cc(-c4ccc(OC)cc4)ccc2n3-c2ccc(C3=CC=C(N(c4ccc(-c5ccccc5)cc4)c4ccc(-c5ccccc5)cc4)C(=NS)C3=N)cc2)cc1. The molecule has 1 aromatic heterocycles. The number of aromatic nitrogens is 1. The monoisotopic (exact) mass is 910 g/mol. The van der Waals surface area contributed by atoms with Gasteiger partial charge in [-0.15, -0.1) is 0 Å². The standard InChI is InChI=1S/C62H46N4O2S/c1-67-53-31-19-45(20-32-53)48-23-36-58-56(39-48)57-40-49(46-21-33-54(68-2)34-22-46)24-37-59(57)66(58)52-29-17-47(18-30-52)55-35-38-60(62(64-69)61(55)63)65(50-25-13-43(14-26-50)41-9-5-3-6-10-41)51-27-15-44(16-28-51)42-11-7-4-8-12-42/h3-40,63,69H,1-2H3. The van der Waals surface area contributed by atoms with Gasteiger partial charge in [-0.05, 0) is 160 Å². The van der Waals surface area contributed by atoms with Crippen molar-refractivity contribution in [3.8, 4) is 61.7 Å². The highest BCUT2D eigenvalue weighted by atomic mass is 32.1. The fourth-order valence-electron chi connectivity index (χ4n) is 9.41. The van der Waals surface area contributed by atoms with Crippen molar-refractivity contribution in [2.45, 2.75) is 0 Å². The Balaban J connectivity index is 0.977. The number of methoxy groups -OCH3 is 2. The quantitative estimate of drug-likeness (QED) is 0.100. The molecule has 1 aliphatic carbocycles. The molecule has 0 amide bonds. The summed E-state index contributed by atoms with van der Waals surface area (Å²) in [5.74, 6) is 1.65. The average Bonchev–Trinajstić information content (AvgIpc) is 3.75. The van der Waals surface area contributed by atoms with Crippen molar-refractivity contribution < 1.29 is 9.47 Å². The summed E-state index contributed by atoms with van der Waals surface area (Å²) in [5.41, 5.74) is 17.3. The Kier molecular flexibility index (Phi) is 11.6. The van der Waals surface area contributed by atoms with Crippen LogP contribution in [0.4, 0.5) is 11.4 Å². The van der Waals surface area contributed by atoms with E-state index in [2.05, 4.69) is 215 Å². The Morgan fingerprint density at radius 2 is 0.826 bits per heavy atom. The lowest BCUT2D eigenvalue weighted by atomic mass is 9.91. The first-order chi connectivity index (χ1) is 34.0. The predicted octanol–water partition coefficient (Wildman–Crippen LogP) is 15.9. The zero-order chi connectivity index (χ0) is 46.8. The molecule has 6 nitrogen and oxygen atoms in total. The third kappa shape index (κ3) is 8.19. The van der Waals surface area contributed by atoms with E-state index in [4.69, 9.17) is 9.47 Å². The van der Waals surface area contributed by atoms with Crippen LogP contribution < -0.4 is 14.4 Å². The Morgan fingerprint density at radius 1 is 0.435 bits per heavy atom. The Morgan fingerprint density at radius 3 is 1.26 bits per heavy atom. The molecule has 0 saturated heterocycles. The molecule has 332 valence electrons. The molecule has 0 bridgehead atoms. The van der Waals surface area contributed by atoms with Gasteiger partial charge in [-0.1, -0.05) is 133 Å². The van der Waals surface area contributed by atoms with Gasteiger partial charge >= 0.3 is 0 Å². The van der Waals surface area contributed by atoms with Crippen LogP contribution in [0.15, 0.2) is 241 Å². The molecule has 1 heterocycles. The van der Waals surface area contributed by atoms with E-state index in [0.29, 0.717) is 5.71 Å². The van der Waals surface area contributed by atoms with Crippen LogP contribution >= 0.6 is 12.8 Å². The third-order valence-corrected chi connectivity index (χ3v) is 13.2. The summed E-state index contributed by atoms with van der Waals surface area (Å²) in [4.78, 5) is 2.16. The molecule has 0 fully saturated rings. The minimum absolute atomic E-state index is 0.288. The van der Waals surface area contributed by atoms with Gasteiger partial charge in [0.25, 0.3) is 0 Å². The van der Waals surface area contributed by atoms with E-state index in [1.54, 1.807) is 14.2 Å². The topological polar surface area (TPSA) is 62.8 Å². The summed E-state index contributed by atoms with van der Waals surface area (Å²) in [6.07, 6.45) is 4.08. The summed E-state index contributed by atoms with van der Waals surface area (Å²) in [6.45, 7) is 0. The van der Waals surface area contributed by atoms with Gasteiger partial charge in [-0.25, -0.2) is 4.40 Å². The second-order valence-electron chi connectivity index (χ2n) is 16.9. The molecule has 69 heavy (non-hydrogen) atoms. The fourth-order valence-corrected chi connectivity index (χ4v) is 9.62. The molecule has 10 aromatic rings. The number of thiol groups is 1. The molecule has 7 heteroatoms. The highest BCUT2D eigenvalue weighted by Gasteiger charge is 2.28. The second-order valence-corrected chi connectivity index (χ2v) is 17.1. The Hall–Kier alpha value is -8.65. The normalized spacial score (nSPS) is 13.1. The van der Waals surface area contributed by atoms with E-state index >= 15 is 0 Å². The minimum Gasteiger partial charge on any atom is -0.497 e. The molecule has 0 radical (unpaired) electrons. The van der Waals surface area contributed by atoms with E-state index in [9.17, 15) is 5.41 Å². The lowest BCUT2D eigenvalue weighted by Crippen LogP contribution is -2.30. The van der Waals surface area contributed by atoms with Gasteiger partial charge in [0.05, 0.1) is 36.7 Å². The van der Waals surface area contributed by atoms with Crippen molar-refractivity contribution in [3.05, 3.63) is 242 Å². The van der Waals surface area contributed by atoms with Gasteiger partial charge < -0.3 is 18.9 Å². The summed E-state index contributed by atoms with van der Waals surface area (Å²) in [6, 6.07) is 76.1. The van der Waals surface area contributed by atoms with Gasteiger partial charge in [0.2, 0.25) is 0 Å². The van der Waals surface area contributed by atoms with Crippen LogP contribution in [0, 0.1) is 5.41 Å². The van der Waals surface area contributed by atoms with Crippen molar-refractivity contribution >= 4 is 63.0 Å². The van der Waals surface area contributed by atoms with E-state index < -0.39 is 0 Å². The molecular formula is C62H46N4O2S. The number of fused-ring (bicyclic) bond motifs is 3. The predicted molar refractivity (Wildman–Crippen MR) is 291 cm³/mol. The summed E-state index contributed by atoms with van der Waals surface area (Å²) >= 11 is 4.52. The van der Waals surface area contributed by atoms with Gasteiger partial charge in [0.15, 0.2) is 0 Å². The van der Waals surface area contributed by atoms with Crippen molar-refractivity contribution in [1.82, 2.24) is 4.57 Å². The molecule has 1 N–H and O–H groups in total. The number of hydrogen-bond donors (Lipinski definition) is 2. The van der Waals surface area contributed by atoms with Crippen molar-refractivity contribution in [2.75, 3.05) is 19.1 Å². The molecular weight excluding hydrogens is 865 g/mol. The zero-order valence-electron chi connectivity index (χ0n) is 38.0. The highest BCUT2D eigenvalue weighted by Crippen LogP contribution is 2.40. The van der Waals surface area contributed by atoms with Crippen LogP contribution in [0.1, 0.15) is 5.56 Å². The van der Waals surface area contributed by atoms with E-state index in [1.807, 2.05) is 42.5 Å². The maximum absolute atomic E-state index is 9.68. The van der Waals surface area contributed by atoms with Crippen LogP contribution in [0.2, 0.25) is 0 Å². The summed E-state index contributed by atoms with van der Waals surface area (Å²) < 4.78 is 17.7. The molecule has 0 spiro atoms. The number of allylic oxidation sites excluding steroid dienone is 4.